The molecule has 4 heteroatoms. The average Bonchev–Trinajstić information content (AvgIpc) is 2.72. The largest absolute Gasteiger partial charge is 0.289 e. The summed E-state index contributed by atoms with van der Waals surface area (Å²) in [5.41, 5.74) is 0.464. The summed E-state index contributed by atoms with van der Waals surface area (Å²) >= 11 is 13.4. The first kappa shape index (κ1) is 13.3. The van der Waals surface area contributed by atoms with Crippen LogP contribution in [0.3, 0.4) is 0 Å². The van der Waals surface area contributed by atoms with E-state index in [2.05, 4.69) is 0 Å². The molecule has 0 N–H and O–H groups in total. The molecule has 0 aliphatic heterocycles. The molecule has 92 valence electrons. The van der Waals surface area contributed by atoms with Crippen molar-refractivity contribution in [2.75, 3.05) is 0 Å². The maximum absolute atomic E-state index is 11.9. The van der Waals surface area contributed by atoms with Crippen molar-refractivity contribution in [2.45, 2.75) is 6.92 Å². The van der Waals surface area contributed by atoms with Crippen LogP contribution >= 0.6 is 34.5 Å². The van der Waals surface area contributed by atoms with E-state index in [9.17, 15) is 4.79 Å². The van der Waals surface area contributed by atoms with Gasteiger partial charge >= 0.3 is 0 Å². The molecule has 0 bridgehead atoms. The van der Waals surface area contributed by atoms with E-state index in [1.54, 1.807) is 35.6 Å². The van der Waals surface area contributed by atoms with E-state index in [1.165, 1.54) is 11.0 Å². The highest BCUT2D eigenvalue weighted by molar-refractivity contribution is 7.12. The number of carbonyl (C=O) groups excluding carboxylic acids is 1. The van der Waals surface area contributed by atoms with Gasteiger partial charge in [-0.3, -0.25) is 4.79 Å². The van der Waals surface area contributed by atoms with Crippen LogP contribution in [0.15, 0.2) is 36.4 Å². The standard InChI is InChI=1S/C14H10Cl2OS/c1-9-2-4-11(18-9)5-7-14(17)12-6-3-10(15)8-13(12)16/h2-8H,1H3/b7-5+. The first-order chi connectivity index (χ1) is 8.56. The van der Waals surface area contributed by atoms with Crippen LogP contribution in [0.5, 0.6) is 0 Å². The number of aryl methyl sites for hydroxylation is 1. The number of hydrogen-bond donors (Lipinski definition) is 0. The molecule has 0 aliphatic carbocycles. The number of ketones is 1. The minimum absolute atomic E-state index is 0.122. The van der Waals surface area contributed by atoms with E-state index < -0.39 is 0 Å². The lowest BCUT2D eigenvalue weighted by Crippen LogP contribution is -1.94. The highest BCUT2D eigenvalue weighted by Gasteiger charge is 2.07. The van der Waals surface area contributed by atoms with Gasteiger partial charge in [0, 0.05) is 20.3 Å². The predicted molar refractivity (Wildman–Crippen MR) is 78.9 cm³/mol. The molecule has 2 aromatic rings. The molecular weight excluding hydrogens is 287 g/mol. The van der Waals surface area contributed by atoms with Crippen LogP contribution in [-0.4, -0.2) is 5.78 Å². The number of allylic oxidation sites excluding steroid dienone is 1. The van der Waals surface area contributed by atoms with Crippen molar-refractivity contribution in [3.05, 3.63) is 61.8 Å². The Morgan fingerprint density at radius 1 is 1.22 bits per heavy atom. The average molecular weight is 297 g/mol. The lowest BCUT2D eigenvalue weighted by molar-refractivity contribution is 0.104. The van der Waals surface area contributed by atoms with Gasteiger partial charge in [0.25, 0.3) is 0 Å². The highest BCUT2D eigenvalue weighted by atomic mass is 35.5. The minimum atomic E-state index is -0.122. The van der Waals surface area contributed by atoms with Gasteiger partial charge in [0.1, 0.15) is 0 Å². The summed E-state index contributed by atoms with van der Waals surface area (Å²) in [6.07, 6.45) is 3.32. The Bertz CT molecular complexity index is 614. The fraction of sp³-hybridized carbons (Fsp3) is 0.0714. The molecule has 1 heterocycles. The lowest BCUT2D eigenvalue weighted by atomic mass is 10.1. The first-order valence-corrected chi connectivity index (χ1v) is 6.87. The molecule has 0 unspecified atom stereocenters. The molecule has 0 atom stereocenters. The molecule has 2 rings (SSSR count). The SMILES string of the molecule is Cc1ccc(/C=C/C(=O)c2ccc(Cl)cc2Cl)s1. The van der Waals surface area contributed by atoms with Crippen LogP contribution in [0.2, 0.25) is 10.0 Å². The van der Waals surface area contributed by atoms with Crippen LogP contribution in [0.4, 0.5) is 0 Å². The third-order valence-corrected chi connectivity index (χ3v) is 3.87. The first-order valence-electron chi connectivity index (χ1n) is 5.30. The summed E-state index contributed by atoms with van der Waals surface area (Å²) in [4.78, 5) is 14.2. The van der Waals surface area contributed by atoms with E-state index >= 15 is 0 Å². The normalized spacial score (nSPS) is 11.1. The van der Waals surface area contributed by atoms with Gasteiger partial charge in [0.05, 0.1) is 5.02 Å². The Morgan fingerprint density at radius 3 is 2.61 bits per heavy atom. The molecule has 0 saturated heterocycles. The number of rotatable bonds is 3. The molecule has 1 aromatic heterocycles. The van der Waals surface area contributed by atoms with E-state index in [1.807, 2.05) is 19.1 Å². The Morgan fingerprint density at radius 2 is 2.00 bits per heavy atom. The summed E-state index contributed by atoms with van der Waals surface area (Å²) in [6.45, 7) is 2.03. The van der Waals surface area contributed by atoms with Crippen molar-refractivity contribution in [3.8, 4) is 0 Å². The molecule has 0 fully saturated rings. The second-order valence-corrected chi connectivity index (χ2v) is 5.93. The van der Waals surface area contributed by atoms with E-state index in [0.29, 0.717) is 15.6 Å². The van der Waals surface area contributed by atoms with Crippen LogP contribution in [-0.2, 0) is 0 Å². The maximum Gasteiger partial charge on any atom is 0.187 e. The van der Waals surface area contributed by atoms with Crippen molar-refractivity contribution in [2.24, 2.45) is 0 Å². The van der Waals surface area contributed by atoms with Gasteiger partial charge in [-0.1, -0.05) is 23.2 Å². The molecule has 1 nitrogen and oxygen atoms in total. The zero-order chi connectivity index (χ0) is 13.1. The van der Waals surface area contributed by atoms with Crippen molar-refractivity contribution in [1.29, 1.82) is 0 Å². The van der Waals surface area contributed by atoms with Crippen molar-refractivity contribution < 1.29 is 4.79 Å². The van der Waals surface area contributed by atoms with Crippen molar-refractivity contribution >= 4 is 46.4 Å². The number of hydrogen-bond acceptors (Lipinski definition) is 2. The van der Waals surface area contributed by atoms with Gasteiger partial charge in [-0.15, -0.1) is 11.3 Å². The fourth-order valence-corrected chi connectivity index (χ4v) is 2.76. The monoisotopic (exact) mass is 296 g/mol. The molecular formula is C14H10Cl2OS. The Hall–Kier alpha value is -1.09. The lowest BCUT2D eigenvalue weighted by Gasteiger charge is -1.99. The zero-order valence-corrected chi connectivity index (χ0v) is 11.9. The maximum atomic E-state index is 11.9. The van der Waals surface area contributed by atoms with E-state index in [-0.39, 0.29) is 5.78 Å². The smallest absolute Gasteiger partial charge is 0.187 e. The van der Waals surface area contributed by atoms with Gasteiger partial charge in [-0.25, -0.2) is 0 Å². The molecule has 0 radical (unpaired) electrons. The molecule has 0 amide bonds. The van der Waals surface area contributed by atoms with Crippen LogP contribution in [0.1, 0.15) is 20.1 Å². The summed E-state index contributed by atoms with van der Waals surface area (Å²) in [7, 11) is 0. The summed E-state index contributed by atoms with van der Waals surface area (Å²) < 4.78 is 0. The van der Waals surface area contributed by atoms with Crippen molar-refractivity contribution in [3.63, 3.8) is 0 Å². The van der Waals surface area contributed by atoms with Gasteiger partial charge < -0.3 is 0 Å². The molecule has 18 heavy (non-hydrogen) atoms. The number of benzene rings is 1. The van der Waals surface area contributed by atoms with Crippen LogP contribution in [0, 0.1) is 6.92 Å². The molecule has 1 aromatic carbocycles. The van der Waals surface area contributed by atoms with Crippen LogP contribution in [0.25, 0.3) is 6.08 Å². The second-order valence-electron chi connectivity index (χ2n) is 3.77. The summed E-state index contributed by atoms with van der Waals surface area (Å²) in [5.74, 6) is -0.122. The van der Waals surface area contributed by atoms with E-state index in [4.69, 9.17) is 23.2 Å². The van der Waals surface area contributed by atoms with Crippen LogP contribution < -0.4 is 0 Å². The Kier molecular flexibility index (Phi) is 4.23. The van der Waals surface area contributed by atoms with Gasteiger partial charge in [-0.2, -0.15) is 0 Å². The molecule has 0 saturated carbocycles. The van der Waals surface area contributed by atoms with Crippen molar-refractivity contribution in [1.82, 2.24) is 0 Å². The minimum Gasteiger partial charge on any atom is -0.289 e. The second kappa shape index (κ2) is 5.70. The number of thiophene rings is 1. The van der Waals surface area contributed by atoms with E-state index in [0.717, 1.165) is 4.88 Å². The molecule has 0 aliphatic rings. The Labute approximate surface area is 120 Å². The quantitative estimate of drug-likeness (QED) is 0.558. The van der Waals surface area contributed by atoms with Gasteiger partial charge in [0.2, 0.25) is 0 Å². The Balaban J connectivity index is 2.19. The zero-order valence-electron chi connectivity index (χ0n) is 9.61. The number of carbonyl (C=O) groups is 1. The number of halogens is 2. The third-order valence-electron chi connectivity index (χ3n) is 2.36. The summed E-state index contributed by atoms with van der Waals surface area (Å²) in [5, 5.41) is 0.897. The summed E-state index contributed by atoms with van der Waals surface area (Å²) in [6, 6.07) is 8.86. The van der Waals surface area contributed by atoms with Gasteiger partial charge in [0.15, 0.2) is 5.78 Å². The highest BCUT2D eigenvalue weighted by Crippen LogP contribution is 2.22. The topological polar surface area (TPSA) is 17.1 Å². The fourth-order valence-electron chi connectivity index (χ4n) is 1.48. The third kappa shape index (κ3) is 3.22. The predicted octanol–water partition coefficient (Wildman–Crippen LogP) is 5.26. The molecule has 0 spiro atoms. The van der Waals surface area contributed by atoms with Gasteiger partial charge in [-0.05, 0) is 49.4 Å².